The van der Waals surface area contributed by atoms with E-state index in [2.05, 4.69) is 5.32 Å². The second-order valence-corrected chi connectivity index (χ2v) is 5.14. The van der Waals surface area contributed by atoms with Gasteiger partial charge >= 0.3 is 0 Å². The first-order chi connectivity index (χ1) is 10.5. The molecule has 0 aromatic heterocycles. The molecule has 5 nitrogen and oxygen atoms in total. The number of amides is 1. The third-order valence-corrected chi connectivity index (χ3v) is 3.24. The molecule has 2 rings (SSSR count). The molecule has 22 heavy (non-hydrogen) atoms. The molecule has 0 saturated heterocycles. The van der Waals surface area contributed by atoms with Gasteiger partial charge in [-0.05, 0) is 35.9 Å². The number of nitro benzene ring substituents is 1. The summed E-state index contributed by atoms with van der Waals surface area (Å²) in [6.45, 7) is 0. The van der Waals surface area contributed by atoms with Crippen LogP contribution in [0.4, 0.5) is 11.4 Å². The first-order valence-corrected chi connectivity index (χ1v) is 6.90. The number of hydrogen-bond acceptors (Lipinski definition) is 3. The van der Waals surface area contributed by atoms with E-state index < -0.39 is 4.92 Å². The zero-order chi connectivity index (χ0) is 16.1. The highest BCUT2D eigenvalue weighted by atomic mass is 35.5. The van der Waals surface area contributed by atoms with Crippen LogP contribution in [0.15, 0.2) is 48.5 Å². The number of nitro groups is 1. The topological polar surface area (TPSA) is 72.2 Å². The van der Waals surface area contributed by atoms with Crippen LogP contribution in [-0.2, 0) is 4.79 Å². The van der Waals surface area contributed by atoms with E-state index in [0.717, 1.165) is 0 Å². The number of rotatable bonds is 4. The summed E-state index contributed by atoms with van der Waals surface area (Å²) in [5.74, 6) is -0.375. The van der Waals surface area contributed by atoms with Crippen molar-refractivity contribution in [2.75, 3.05) is 5.32 Å². The number of carbonyl (C=O) groups excluding carboxylic acids is 1. The lowest BCUT2D eigenvalue weighted by Crippen LogP contribution is -2.07. The number of halogens is 2. The monoisotopic (exact) mass is 336 g/mol. The highest BCUT2D eigenvalue weighted by Crippen LogP contribution is 2.25. The molecule has 112 valence electrons. The quantitative estimate of drug-likeness (QED) is 0.505. The van der Waals surface area contributed by atoms with Crippen LogP contribution in [0.3, 0.4) is 0 Å². The van der Waals surface area contributed by atoms with Crippen molar-refractivity contribution < 1.29 is 9.72 Å². The van der Waals surface area contributed by atoms with Crippen molar-refractivity contribution >= 4 is 46.6 Å². The second-order valence-electron chi connectivity index (χ2n) is 4.30. The van der Waals surface area contributed by atoms with Crippen molar-refractivity contribution in [1.29, 1.82) is 0 Å². The van der Waals surface area contributed by atoms with Crippen molar-refractivity contribution in [2.24, 2.45) is 0 Å². The molecule has 0 bridgehead atoms. The third kappa shape index (κ3) is 4.31. The highest BCUT2D eigenvalue weighted by Gasteiger charge is 2.11. The molecule has 2 aromatic carbocycles. The summed E-state index contributed by atoms with van der Waals surface area (Å²) in [6.07, 6.45) is 2.73. The highest BCUT2D eigenvalue weighted by molar-refractivity contribution is 6.32. The van der Waals surface area contributed by atoms with E-state index in [1.54, 1.807) is 30.3 Å². The number of nitrogens with one attached hydrogen (secondary N) is 1. The Morgan fingerprint density at radius 3 is 2.64 bits per heavy atom. The van der Waals surface area contributed by atoms with Gasteiger partial charge in [0.1, 0.15) is 5.02 Å². The van der Waals surface area contributed by atoms with E-state index in [1.165, 1.54) is 24.3 Å². The van der Waals surface area contributed by atoms with E-state index in [4.69, 9.17) is 23.2 Å². The first-order valence-electron chi connectivity index (χ1n) is 6.14. The summed E-state index contributed by atoms with van der Waals surface area (Å²) in [5, 5.41) is 14.0. The van der Waals surface area contributed by atoms with Gasteiger partial charge in [0, 0.05) is 22.9 Å². The van der Waals surface area contributed by atoms with E-state index in [9.17, 15) is 14.9 Å². The molecule has 2 aromatic rings. The minimum atomic E-state index is -0.578. The maximum Gasteiger partial charge on any atom is 0.288 e. The van der Waals surface area contributed by atoms with Gasteiger partial charge in [-0.3, -0.25) is 14.9 Å². The zero-order valence-corrected chi connectivity index (χ0v) is 12.6. The summed E-state index contributed by atoms with van der Waals surface area (Å²) in [5.41, 5.74) is 0.848. The summed E-state index contributed by atoms with van der Waals surface area (Å²) in [7, 11) is 0. The predicted molar refractivity (Wildman–Crippen MR) is 87.2 cm³/mol. The molecule has 1 N–H and O–H groups in total. The Kier molecular flexibility index (Phi) is 5.14. The lowest BCUT2D eigenvalue weighted by molar-refractivity contribution is -0.384. The van der Waals surface area contributed by atoms with Crippen LogP contribution in [0.25, 0.3) is 6.08 Å². The van der Waals surface area contributed by atoms with Crippen molar-refractivity contribution in [1.82, 2.24) is 0 Å². The van der Waals surface area contributed by atoms with E-state index in [-0.39, 0.29) is 16.6 Å². The number of benzene rings is 2. The maximum absolute atomic E-state index is 11.8. The lowest BCUT2D eigenvalue weighted by Gasteiger charge is -2.02. The fraction of sp³-hybridized carbons (Fsp3) is 0. The Morgan fingerprint density at radius 2 is 1.95 bits per heavy atom. The Bertz CT molecular complexity index is 760. The molecular formula is C15H10Cl2N2O3. The van der Waals surface area contributed by atoms with Crippen LogP contribution in [0, 0.1) is 10.1 Å². The van der Waals surface area contributed by atoms with Gasteiger partial charge in [-0.15, -0.1) is 0 Å². The molecule has 0 heterocycles. The van der Waals surface area contributed by atoms with E-state index in [1.807, 2.05) is 0 Å². The summed E-state index contributed by atoms with van der Waals surface area (Å²) in [4.78, 5) is 22.0. The van der Waals surface area contributed by atoms with Crippen LogP contribution < -0.4 is 5.32 Å². The normalized spacial score (nSPS) is 10.6. The molecule has 0 aliphatic heterocycles. The number of hydrogen-bond donors (Lipinski definition) is 1. The van der Waals surface area contributed by atoms with Crippen LogP contribution >= 0.6 is 23.2 Å². The summed E-state index contributed by atoms with van der Waals surface area (Å²) < 4.78 is 0. The number of carbonyl (C=O) groups is 1. The molecule has 0 atom stereocenters. The molecule has 0 unspecified atom stereocenters. The minimum absolute atomic E-state index is 0.0468. The zero-order valence-electron chi connectivity index (χ0n) is 11.1. The van der Waals surface area contributed by atoms with Gasteiger partial charge in [0.05, 0.1) is 4.92 Å². The molecule has 0 fully saturated rings. The smallest absolute Gasteiger partial charge is 0.288 e. The fourth-order valence-corrected chi connectivity index (χ4v) is 2.07. The SMILES string of the molecule is O=C(C=Cc1ccc(Cl)c([N+](=O)[O-])c1)Nc1cccc(Cl)c1. The molecule has 7 heteroatoms. The van der Waals surface area contributed by atoms with Gasteiger partial charge < -0.3 is 5.32 Å². The largest absolute Gasteiger partial charge is 0.322 e. The minimum Gasteiger partial charge on any atom is -0.322 e. The van der Waals surface area contributed by atoms with Gasteiger partial charge in [-0.25, -0.2) is 0 Å². The molecule has 1 amide bonds. The van der Waals surface area contributed by atoms with Crippen molar-refractivity contribution in [3.05, 3.63) is 74.3 Å². The van der Waals surface area contributed by atoms with Gasteiger partial charge in [-0.2, -0.15) is 0 Å². The Balaban J connectivity index is 2.10. The molecular weight excluding hydrogens is 327 g/mol. The maximum atomic E-state index is 11.8. The average Bonchev–Trinajstić information content (AvgIpc) is 2.46. The molecule has 0 radical (unpaired) electrons. The fourth-order valence-electron chi connectivity index (χ4n) is 1.70. The standard InChI is InChI=1S/C15H10Cl2N2O3/c16-11-2-1-3-12(9-11)18-15(20)7-5-10-4-6-13(17)14(8-10)19(21)22/h1-9H,(H,18,20). The molecule has 0 saturated carbocycles. The van der Waals surface area contributed by atoms with Gasteiger partial charge in [-0.1, -0.05) is 35.3 Å². The molecule has 0 aliphatic carbocycles. The molecule has 0 spiro atoms. The van der Waals surface area contributed by atoms with Crippen molar-refractivity contribution in [3.8, 4) is 0 Å². The van der Waals surface area contributed by atoms with Crippen molar-refractivity contribution in [3.63, 3.8) is 0 Å². The van der Waals surface area contributed by atoms with E-state index in [0.29, 0.717) is 16.3 Å². The lowest BCUT2D eigenvalue weighted by atomic mass is 10.2. The van der Waals surface area contributed by atoms with Gasteiger partial charge in [0.2, 0.25) is 5.91 Å². The van der Waals surface area contributed by atoms with Crippen LogP contribution in [0.1, 0.15) is 5.56 Å². The van der Waals surface area contributed by atoms with Crippen LogP contribution in [-0.4, -0.2) is 10.8 Å². The number of anilines is 1. The summed E-state index contributed by atoms with van der Waals surface area (Å²) in [6, 6.07) is 11.0. The predicted octanol–water partition coefficient (Wildman–Crippen LogP) is 4.55. The Hall–Kier alpha value is -2.37. The van der Waals surface area contributed by atoms with Crippen LogP contribution in [0.5, 0.6) is 0 Å². The third-order valence-electron chi connectivity index (χ3n) is 2.69. The Labute approximate surface area is 136 Å². The molecule has 0 aliphatic rings. The summed E-state index contributed by atoms with van der Waals surface area (Å²) >= 11 is 11.5. The first kappa shape index (κ1) is 16.0. The van der Waals surface area contributed by atoms with Crippen molar-refractivity contribution in [2.45, 2.75) is 0 Å². The van der Waals surface area contributed by atoms with E-state index >= 15 is 0 Å². The van der Waals surface area contributed by atoms with Crippen LogP contribution in [0.2, 0.25) is 10.0 Å². The Morgan fingerprint density at radius 1 is 1.18 bits per heavy atom. The number of nitrogens with zero attached hydrogens (tertiary/aromatic N) is 1. The average molecular weight is 337 g/mol. The van der Waals surface area contributed by atoms with Gasteiger partial charge in [0.25, 0.3) is 5.69 Å². The second kappa shape index (κ2) is 7.06. The van der Waals surface area contributed by atoms with Gasteiger partial charge in [0.15, 0.2) is 0 Å².